The van der Waals surface area contributed by atoms with Gasteiger partial charge >= 0.3 is 6.18 Å². The number of rotatable bonds is 5. The maximum atomic E-state index is 12.9. The molecule has 0 spiro atoms. The van der Waals surface area contributed by atoms with Crippen LogP contribution in [0.15, 0.2) is 24.3 Å². The molecule has 2 N–H and O–H groups in total. The van der Waals surface area contributed by atoms with E-state index in [4.69, 9.17) is 0 Å². The van der Waals surface area contributed by atoms with Gasteiger partial charge in [-0.3, -0.25) is 14.5 Å². The van der Waals surface area contributed by atoms with E-state index in [1.807, 2.05) is 20.8 Å². The molecule has 0 atom stereocenters. The molecule has 1 aromatic carbocycles. The smallest absolute Gasteiger partial charge is 0.350 e. The fourth-order valence-electron chi connectivity index (χ4n) is 2.03. The van der Waals surface area contributed by atoms with Crippen LogP contribution in [0, 0.1) is 0 Å². The largest absolute Gasteiger partial charge is 0.418 e. The summed E-state index contributed by atoms with van der Waals surface area (Å²) < 4.78 is 38.6. The quantitative estimate of drug-likeness (QED) is 0.862. The van der Waals surface area contributed by atoms with Gasteiger partial charge in [0, 0.05) is 5.54 Å². The maximum absolute atomic E-state index is 12.9. The molecule has 24 heavy (non-hydrogen) atoms. The summed E-state index contributed by atoms with van der Waals surface area (Å²) in [6.45, 7) is 5.23. The van der Waals surface area contributed by atoms with Crippen LogP contribution in [-0.2, 0) is 15.8 Å². The number of benzene rings is 1. The molecule has 134 valence electrons. The molecule has 0 heterocycles. The van der Waals surface area contributed by atoms with E-state index in [1.54, 1.807) is 0 Å². The molecule has 8 heteroatoms. The molecule has 1 aromatic rings. The molecule has 0 radical (unpaired) electrons. The number of para-hydroxylation sites is 1. The van der Waals surface area contributed by atoms with Crippen molar-refractivity contribution in [3.8, 4) is 0 Å². The summed E-state index contributed by atoms with van der Waals surface area (Å²) in [7, 11) is 1.54. The molecule has 0 aliphatic carbocycles. The number of anilines is 1. The summed E-state index contributed by atoms with van der Waals surface area (Å²) in [5.41, 5.74) is -1.61. The minimum atomic E-state index is -4.55. The highest BCUT2D eigenvalue weighted by atomic mass is 19.4. The monoisotopic (exact) mass is 345 g/mol. The first-order valence-corrected chi connectivity index (χ1v) is 7.34. The molecule has 0 saturated heterocycles. The summed E-state index contributed by atoms with van der Waals surface area (Å²) in [4.78, 5) is 25.1. The van der Waals surface area contributed by atoms with Crippen LogP contribution in [0.1, 0.15) is 26.3 Å². The first-order chi connectivity index (χ1) is 10.9. The van der Waals surface area contributed by atoms with Gasteiger partial charge in [0.05, 0.1) is 24.3 Å². The standard InChI is InChI=1S/C16H22F3N3O2/c1-15(2,3)21-14(24)10-22(4)9-13(23)20-12-8-6-5-7-11(12)16(17,18)19/h5-8H,9-10H2,1-4H3,(H,20,23)(H,21,24). The van der Waals surface area contributed by atoms with Crippen LogP contribution in [-0.4, -0.2) is 42.4 Å². The third-order valence-corrected chi connectivity index (χ3v) is 2.85. The van der Waals surface area contributed by atoms with Crippen molar-refractivity contribution in [2.45, 2.75) is 32.5 Å². The van der Waals surface area contributed by atoms with E-state index < -0.39 is 23.2 Å². The van der Waals surface area contributed by atoms with E-state index >= 15 is 0 Å². The molecular formula is C16H22F3N3O2. The summed E-state index contributed by atoms with van der Waals surface area (Å²) in [6.07, 6.45) is -4.55. The van der Waals surface area contributed by atoms with Crippen LogP contribution in [0.5, 0.6) is 0 Å². The molecule has 0 aromatic heterocycles. The number of hydrogen-bond acceptors (Lipinski definition) is 3. The first kappa shape index (κ1) is 20.0. The Kier molecular flexibility index (Phi) is 6.36. The third-order valence-electron chi connectivity index (χ3n) is 2.85. The van der Waals surface area contributed by atoms with Crippen molar-refractivity contribution >= 4 is 17.5 Å². The lowest BCUT2D eigenvalue weighted by molar-refractivity contribution is -0.137. The number of likely N-dealkylation sites (N-methyl/N-ethyl adjacent to an activating group) is 1. The van der Waals surface area contributed by atoms with Crippen LogP contribution < -0.4 is 10.6 Å². The predicted molar refractivity (Wildman–Crippen MR) is 85.5 cm³/mol. The fourth-order valence-corrected chi connectivity index (χ4v) is 2.03. The van der Waals surface area contributed by atoms with Gasteiger partial charge in [-0.1, -0.05) is 12.1 Å². The fraction of sp³-hybridized carbons (Fsp3) is 0.500. The molecule has 0 unspecified atom stereocenters. The van der Waals surface area contributed by atoms with E-state index in [2.05, 4.69) is 10.6 Å². The number of carbonyl (C=O) groups excluding carboxylic acids is 2. The predicted octanol–water partition coefficient (Wildman–Crippen LogP) is 2.49. The van der Waals surface area contributed by atoms with Gasteiger partial charge in [-0.15, -0.1) is 0 Å². The van der Waals surface area contributed by atoms with Gasteiger partial charge in [0.1, 0.15) is 0 Å². The second-order valence-corrected chi connectivity index (χ2v) is 6.56. The minimum absolute atomic E-state index is 0.0361. The van der Waals surface area contributed by atoms with Crippen molar-refractivity contribution in [2.75, 3.05) is 25.5 Å². The molecule has 0 aliphatic rings. The highest BCUT2D eigenvalue weighted by Crippen LogP contribution is 2.34. The van der Waals surface area contributed by atoms with Crippen molar-refractivity contribution in [1.29, 1.82) is 0 Å². The molecule has 1 rings (SSSR count). The number of nitrogens with one attached hydrogen (secondary N) is 2. The lowest BCUT2D eigenvalue weighted by Gasteiger charge is -2.23. The van der Waals surface area contributed by atoms with Crippen LogP contribution >= 0.6 is 0 Å². The van der Waals surface area contributed by atoms with Gasteiger partial charge in [-0.2, -0.15) is 13.2 Å². The van der Waals surface area contributed by atoms with Crippen LogP contribution in [0.3, 0.4) is 0 Å². The highest BCUT2D eigenvalue weighted by molar-refractivity contribution is 5.93. The maximum Gasteiger partial charge on any atom is 0.418 e. The number of carbonyl (C=O) groups is 2. The zero-order valence-electron chi connectivity index (χ0n) is 14.1. The molecule has 0 saturated carbocycles. The second-order valence-electron chi connectivity index (χ2n) is 6.56. The van der Waals surface area contributed by atoms with Gasteiger partial charge in [-0.25, -0.2) is 0 Å². The second kappa shape index (κ2) is 7.65. The van der Waals surface area contributed by atoms with Gasteiger partial charge in [-0.05, 0) is 40.0 Å². The third kappa shape index (κ3) is 6.99. The minimum Gasteiger partial charge on any atom is -0.350 e. The SMILES string of the molecule is CN(CC(=O)Nc1ccccc1C(F)(F)F)CC(=O)NC(C)(C)C. The lowest BCUT2D eigenvalue weighted by Crippen LogP contribution is -2.46. The summed E-state index contributed by atoms with van der Waals surface area (Å²) in [6, 6.07) is 4.75. The average Bonchev–Trinajstić information content (AvgIpc) is 2.34. The van der Waals surface area contributed by atoms with Gasteiger partial charge < -0.3 is 10.6 Å². The Hall–Kier alpha value is -2.09. The Balaban J connectivity index is 2.63. The number of amides is 2. The Morgan fingerprint density at radius 1 is 1.04 bits per heavy atom. The number of halogens is 3. The van der Waals surface area contributed by atoms with Crippen LogP contribution in [0.4, 0.5) is 18.9 Å². The summed E-state index contributed by atoms with van der Waals surface area (Å²) in [5, 5.41) is 4.98. The van der Waals surface area contributed by atoms with Crippen LogP contribution in [0.25, 0.3) is 0 Å². The molecule has 5 nitrogen and oxygen atoms in total. The summed E-state index contributed by atoms with van der Waals surface area (Å²) in [5.74, 6) is -0.897. The van der Waals surface area contributed by atoms with Crippen molar-refractivity contribution < 1.29 is 22.8 Å². The molecule has 0 aliphatic heterocycles. The summed E-state index contributed by atoms with van der Waals surface area (Å²) >= 11 is 0. The van der Waals surface area contributed by atoms with Gasteiger partial charge in [0.25, 0.3) is 0 Å². The van der Waals surface area contributed by atoms with E-state index in [1.165, 1.54) is 30.1 Å². The molecule has 0 fully saturated rings. The molecule has 0 bridgehead atoms. The Labute approximate surface area is 139 Å². The Morgan fingerprint density at radius 2 is 1.58 bits per heavy atom. The number of nitrogens with zero attached hydrogens (tertiary/aromatic N) is 1. The Morgan fingerprint density at radius 3 is 2.12 bits per heavy atom. The van der Waals surface area contributed by atoms with E-state index in [9.17, 15) is 22.8 Å². The number of alkyl halides is 3. The van der Waals surface area contributed by atoms with E-state index in [-0.39, 0.29) is 24.7 Å². The average molecular weight is 345 g/mol. The van der Waals surface area contributed by atoms with Crippen molar-refractivity contribution in [2.24, 2.45) is 0 Å². The highest BCUT2D eigenvalue weighted by Gasteiger charge is 2.33. The van der Waals surface area contributed by atoms with Gasteiger partial charge in [0.15, 0.2) is 0 Å². The Bertz CT molecular complexity index is 595. The van der Waals surface area contributed by atoms with E-state index in [0.717, 1.165) is 6.07 Å². The van der Waals surface area contributed by atoms with E-state index in [0.29, 0.717) is 0 Å². The zero-order chi connectivity index (χ0) is 18.5. The topological polar surface area (TPSA) is 61.4 Å². The van der Waals surface area contributed by atoms with Crippen molar-refractivity contribution in [3.05, 3.63) is 29.8 Å². The molecular weight excluding hydrogens is 323 g/mol. The van der Waals surface area contributed by atoms with Crippen molar-refractivity contribution in [3.63, 3.8) is 0 Å². The lowest BCUT2D eigenvalue weighted by atomic mass is 10.1. The number of hydrogen-bond donors (Lipinski definition) is 2. The zero-order valence-corrected chi connectivity index (χ0v) is 14.1. The normalized spacial score (nSPS) is 12.2. The van der Waals surface area contributed by atoms with Gasteiger partial charge in [0.2, 0.25) is 11.8 Å². The first-order valence-electron chi connectivity index (χ1n) is 7.34. The van der Waals surface area contributed by atoms with Crippen molar-refractivity contribution in [1.82, 2.24) is 10.2 Å². The van der Waals surface area contributed by atoms with Crippen LogP contribution in [0.2, 0.25) is 0 Å². The molecule has 2 amide bonds.